The van der Waals surface area contributed by atoms with Gasteiger partial charge in [0.25, 0.3) is 0 Å². The Morgan fingerprint density at radius 2 is 2.00 bits per heavy atom. The number of H-pyrrole nitrogens is 1. The monoisotopic (exact) mass is 449 g/mol. The molecule has 0 atom stereocenters. The van der Waals surface area contributed by atoms with Gasteiger partial charge in [-0.25, -0.2) is 29.0 Å². The molecule has 11 heteroatoms. The largest absolute Gasteiger partial charge is 0.462 e. The lowest BCUT2D eigenvalue weighted by molar-refractivity contribution is 0.0523. The summed E-state index contributed by atoms with van der Waals surface area (Å²) in [6, 6.07) is 6.47. The van der Waals surface area contributed by atoms with Gasteiger partial charge in [-0.05, 0) is 45.9 Å². The Hall–Kier alpha value is -4.28. The predicted molar refractivity (Wildman–Crippen MR) is 119 cm³/mol. The summed E-state index contributed by atoms with van der Waals surface area (Å²) in [7, 11) is 0. The van der Waals surface area contributed by atoms with Gasteiger partial charge in [-0.2, -0.15) is 10.2 Å². The lowest BCUT2D eigenvalue weighted by atomic mass is 10.2. The first-order valence-electron chi connectivity index (χ1n) is 10.3. The average Bonchev–Trinajstić information content (AvgIpc) is 3.46. The van der Waals surface area contributed by atoms with Gasteiger partial charge in [0.15, 0.2) is 11.5 Å². The van der Waals surface area contributed by atoms with Crippen LogP contribution in [0, 0.1) is 0 Å². The highest BCUT2D eigenvalue weighted by Crippen LogP contribution is 2.31. The van der Waals surface area contributed by atoms with Crippen LogP contribution in [-0.2, 0) is 9.47 Å². The minimum absolute atomic E-state index is 0.190. The molecule has 0 spiro atoms. The number of ether oxygens (including phenoxy) is 2. The van der Waals surface area contributed by atoms with Crippen molar-refractivity contribution in [1.82, 2.24) is 29.8 Å². The summed E-state index contributed by atoms with van der Waals surface area (Å²) in [5, 5.41) is 11.0. The first-order valence-corrected chi connectivity index (χ1v) is 10.3. The van der Waals surface area contributed by atoms with Gasteiger partial charge >= 0.3 is 12.1 Å². The van der Waals surface area contributed by atoms with E-state index in [0.717, 1.165) is 5.56 Å². The SMILES string of the molecule is CCOC(=O)c1cccc(N(C(=O)OC(C)(C)C)c2ncc(-c3cn[nH]c3)n3ncnc23)c1. The number of carbonyl (C=O) groups is 2. The highest BCUT2D eigenvalue weighted by atomic mass is 16.6. The molecule has 11 nitrogen and oxygen atoms in total. The molecule has 33 heavy (non-hydrogen) atoms. The maximum Gasteiger partial charge on any atom is 0.420 e. The van der Waals surface area contributed by atoms with Crippen LogP contribution in [0.15, 0.2) is 49.2 Å². The average molecular weight is 449 g/mol. The quantitative estimate of drug-likeness (QED) is 0.456. The van der Waals surface area contributed by atoms with Crippen molar-refractivity contribution >= 4 is 29.2 Å². The molecule has 1 aromatic carbocycles. The molecule has 4 aromatic rings. The number of anilines is 2. The third-order valence-corrected chi connectivity index (χ3v) is 4.48. The van der Waals surface area contributed by atoms with Crippen molar-refractivity contribution < 1.29 is 19.1 Å². The Bertz CT molecular complexity index is 1290. The van der Waals surface area contributed by atoms with Gasteiger partial charge in [-0.3, -0.25) is 5.10 Å². The Morgan fingerprint density at radius 1 is 1.18 bits per heavy atom. The van der Waals surface area contributed by atoms with Crippen molar-refractivity contribution in [1.29, 1.82) is 0 Å². The number of aromatic amines is 1. The highest BCUT2D eigenvalue weighted by Gasteiger charge is 2.29. The van der Waals surface area contributed by atoms with E-state index in [0.29, 0.717) is 17.0 Å². The summed E-state index contributed by atoms with van der Waals surface area (Å²) < 4.78 is 12.3. The smallest absolute Gasteiger partial charge is 0.420 e. The first kappa shape index (κ1) is 21.9. The molecule has 0 aliphatic carbocycles. The molecule has 0 saturated carbocycles. The molecule has 0 fully saturated rings. The topological polar surface area (TPSA) is 128 Å². The highest BCUT2D eigenvalue weighted by molar-refractivity contribution is 6.00. The van der Waals surface area contributed by atoms with E-state index >= 15 is 0 Å². The van der Waals surface area contributed by atoms with Crippen LogP contribution in [0.25, 0.3) is 16.9 Å². The Labute approximate surface area is 189 Å². The van der Waals surface area contributed by atoms with Crippen LogP contribution in [-0.4, -0.2) is 54.0 Å². The third kappa shape index (κ3) is 4.52. The Kier molecular flexibility index (Phi) is 5.78. The van der Waals surface area contributed by atoms with Crippen molar-refractivity contribution in [2.45, 2.75) is 33.3 Å². The molecule has 3 heterocycles. The number of hydrogen-bond acceptors (Lipinski definition) is 8. The van der Waals surface area contributed by atoms with Gasteiger partial charge in [0.05, 0.1) is 35.9 Å². The molecule has 3 aromatic heterocycles. The van der Waals surface area contributed by atoms with Crippen LogP contribution in [0.3, 0.4) is 0 Å². The molecular formula is C22H23N7O4. The molecule has 1 N–H and O–H groups in total. The number of hydrogen-bond donors (Lipinski definition) is 1. The zero-order valence-corrected chi connectivity index (χ0v) is 18.6. The number of fused-ring (bicyclic) bond motifs is 1. The van der Waals surface area contributed by atoms with Gasteiger partial charge in [-0.1, -0.05) is 6.07 Å². The van der Waals surface area contributed by atoms with Crippen LogP contribution in [0.5, 0.6) is 0 Å². The van der Waals surface area contributed by atoms with Gasteiger partial charge in [0.2, 0.25) is 0 Å². The third-order valence-electron chi connectivity index (χ3n) is 4.48. The Morgan fingerprint density at radius 3 is 2.70 bits per heavy atom. The maximum atomic E-state index is 13.3. The second-order valence-electron chi connectivity index (χ2n) is 8.04. The Balaban J connectivity index is 1.87. The number of nitrogens with zero attached hydrogens (tertiary/aromatic N) is 6. The zero-order valence-electron chi connectivity index (χ0n) is 18.6. The van der Waals surface area contributed by atoms with E-state index in [1.807, 2.05) is 0 Å². The van der Waals surface area contributed by atoms with Crippen LogP contribution >= 0.6 is 0 Å². The number of rotatable bonds is 5. The van der Waals surface area contributed by atoms with Gasteiger partial charge in [-0.15, -0.1) is 0 Å². The second kappa shape index (κ2) is 8.69. The predicted octanol–water partition coefficient (Wildman–Crippen LogP) is 3.76. The fourth-order valence-corrected chi connectivity index (χ4v) is 3.16. The molecule has 0 unspecified atom stereocenters. The van der Waals surface area contributed by atoms with E-state index in [-0.39, 0.29) is 18.0 Å². The minimum Gasteiger partial charge on any atom is -0.462 e. The molecule has 1 amide bonds. The zero-order chi connectivity index (χ0) is 23.6. The summed E-state index contributed by atoms with van der Waals surface area (Å²) in [4.78, 5) is 35.7. The van der Waals surface area contributed by atoms with E-state index in [9.17, 15) is 9.59 Å². The number of carbonyl (C=O) groups excluding carboxylic acids is 2. The summed E-state index contributed by atoms with van der Waals surface area (Å²) in [5.74, 6) is -0.311. The number of amides is 1. The summed E-state index contributed by atoms with van der Waals surface area (Å²) in [6.45, 7) is 7.25. The first-order chi connectivity index (χ1) is 15.8. The van der Waals surface area contributed by atoms with Crippen LogP contribution in [0.2, 0.25) is 0 Å². The number of benzene rings is 1. The lowest BCUT2D eigenvalue weighted by Gasteiger charge is -2.27. The fraction of sp³-hybridized carbons (Fsp3) is 0.273. The van der Waals surface area contributed by atoms with Gasteiger partial charge < -0.3 is 9.47 Å². The van der Waals surface area contributed by atoms with E-state index in [1.54, 1.807) is 75.1 Å². The van der Waals surface area contributed by atoms with E-state index in [2.05, 4.69) is 25.3 Å². The number of esters is 1. The standard InChI is InChI=1S/C22H23N7O4/c1-5-32-20(30)14-7-6-8-16(9-14)28(21(31)33-22(2,3)4)18-19-24-13-27-29(19)17(12-23-18)15-10-25-26-11-15/h6-13H,5H2,1-4H3,(H,25,26). The number of aromatic nitrogens is 6. The summed E-state index contributed by atoms with van der Waals surface area (Å²) in [6.07, 6.45) is 5.58. The molecule has 170 valence electrons. The van der Waals surface area contributed by atoms with Crippen LogP contribution < -0.4 is 4.90 Å². The van der Waals surface area contributed by atoms with E-state index in [1.165, 1.54) is 11.2 Å². The molecule has 0 bridgehead atoms. The van der Waals surface area contributed by atoms with Crippen molar-refractivity contribution in [2.24, 2.45) is 0 Å². The molecule has 0 aliphatic rings. The van der Waals surface area contributed by atoms with Crippen molar-refractivity contribution in [3.05, 3.63) is 54.7 Å². The van der Waals surface area contributed by atoms with Crippen molar-refractivity contribution in [3.63, 3.8) is 0 Å². The van der Waals surface area contributed by atoms with Crippen molar-refractivity contribution in [3.8, 4) is 11.3 Å². The minimum atomic E-state index is -0.769. The fourth-order valence-electron chi connectivity index (χ4n) is 3.16. The summed E-state index contributed by atoms with van der Waals surface area (Å²) in [5.41, 5.74) is 1.58. The molecular weight excluding hydrogens is 426 g/mol. The number of nitrogens with one attached hydrogen (secondary N) is 1. The second-order valence-corrected chi connectivity index (χ2v) is 8.04. The molecule has 0 aliphatic heterocycles. The summed E-state index contributed by atoms with van der Waals surface area (Å²) >= 11 is 0. The van der Waals surface area contributed by atoms with E-state index < -0.39 is 17.7 Å². The van der Waals surface area contributed by atoms with Gasteiger partial charge in [0.1, 0.15) is 11.9 Å². The lowest BCUT2D eigenvalue weighted by Crippen LogP contribution is -2.34. The normalized spacial score (nSPS) is 11.4. The molecule has 0 radical (unpaired) electrons. The van der Waals surface area contributed by atoms with Crippen molar-refractivity contribution in [2.75, 3.05) is 11.5 Å². The van der Waals surface area contributed by atoms with Crippen LogP contribution in [0.1, 0.15) is 38.1 Å². The molecule has 0 saturated heterocycles. The van der Waals surface area contributed by atoms with Crippen LogP contribution in [0.4, 0.5) is 16.3 Å². The van der Waals surface area contributed by atoms with Gasteiger partial charge in [0, 0.05) is 11.8 Å². The van der Waals surface area contributed by atoms with E-state index in [4.69, 9.17) is 9.47 Å². The molecule has 4 rings (SSSR count). The maximum absolute atomic E-state index is 13.3.